The van der Waals surface area contributed by atoms with Gasteiger partial charge < -0.3 is 4.74 Å². The van der Waals surface area contributed by atoms with E-state index in [0.717, 1.165) is 51.4 Å². The summed E-state index contributed by atoms with van der Waals surface area (Å²) < 4.78 is 6.59. The van der Waals surface area contributed by atoms with E-state index in [-0.39, 0.29) is 22.4 Å². The highest BCUT2D eigenvalue weighted by Gasteiger charge is 2.65. The van der Waals surface area contributed by atoms with Gasteiger partial charge in [0.05, 0.1) is 0 Å². The summed E-state index contributed by atoms with van der Waals surface area (Å²) in [7, 11) is 0. The van der Waals surface area contributed by atoms with Crippen molar-refractivity contribution in [2.24, 2.45) is 28.6 Å². The Morgan fingerprint density at radius 3 is 2.34 bits per heavy atom. The van der Waals surface area contributed by atoms with Crippen LogP contribution in [0.1, 0.15) is 143 Å². The van der Waals surface area contributed by atoms with Gasteiger partial charge in [0.15, 0.2) is 5.78 Å². The first-order chi connectivity index (χ1) is 16.8. The third kappa shape index (κ3) is 5.04. The first kappa shape index (κ1) is 26.9. The standard InChI is InChI=1S/C32H52O3/c1-5-7-8-9-10-11-12-13-29(34)35-32(19-6-2)22-18-28-26-15-14-24-23-25(33)16-20-30(24,3)27(26)17-21-31(28,32)4/h23,26-28H,5-22H2,1-4H3/t26-,27-,28+,30+,31+,32?/m1/s1. The summed E-state index contributed by atoms with van der Waals surface area (Å²) in [5, 5.41) is 0. The van der Waals surface area contributed by atoms with Crippen LogP contribution in [0.5, 0.6) is 0 Å². The van der Waals surface area contributed by atoms with Crippen LogP contribution in [0.25, 0.3) is 0 Å². The molecule has 0 aliphatic heterocycles. The number of ether oxygens (including phenoxy) is 1. The lowest BCUT2D eigenvalue weighted by Crippen LogP contribution is -2.56. The number of fused-ring (bicyclic) bond motifs is 5. The van der Waals surface area contributed by atoms with Crippen molar-refractivity contribution in [1.82, 2.24) is 0 Å². The maximum absolute atomic E-state index is 13.1. The van der Waals surface area contributed by atoms with E-state index in [1.807, 2.05) is 6.08 Å². The molecule has 4 aliphatic carbocycles. The van der Waals surface area contributed by atoms with Gasteiger partial charge in [-0.15, -0.1) is 0 Å². The van der Waals surface area contributed by atoms with Crippen LogP contribution in [-0.2, 0) is 14.3 Å². The Morgan fingerprint density at radius 1 is 0.886 bits per heavy atom. The maximum Gasteiger partial charge on any atom is 0.306 e. The minimum absolute atomic E-state index is 0.0580. The van der Waals surface area contributed by atoms with Gasteiger partial charge in [0.1, 0.15) is 5.60 Å². The molecule has 0 spiro atoms. The SMILES string of the molecule is CCCCCCCCCC(=O)OC1(CCC)CC[C@H]2[C@@H]3CCC4=CC(=O)CC[C@]4(C)[C@@H]3CC[C@@]21C. The van der Waals surface area contributed by atoms with Crippen LogP contribution in [-0.4, -0.2) is 17.4 Å². The average Bonchev–Trinajstić information content (AvgIpc) is 3.11. The molecule has 0 aromatic rings. The predicted molar refractivity (Wildman–Crippen MR) is 143 cm³/mol. The Bertz CT molecular complexity index is 799. The Kier molecular flexibility index (Phi) is 8.54. The average molecular weight is 485 g/mol. The van der Waals surface area contributed by atoms with E-state index >= 15 is 0 Å². The van der Waals surface area contributed by atoms with Gasteiger partial charge in [0.2, 0.25) is 0 Å². The highest BCUT2D eigenvalue weighted by atomic mass is 16.6. The molecular formula is C32H52O3. The Labute approximate surface area is 215 Å². The van der Waals surface area contributed by atoms with Gasteiger partial charge in [-0.25, -0.2) is 0 Å². The summed E-state index contributed by atoms with van der Waals surface area (Å²) in [6, 6.07) is 0. The summed E-state index contributed by atoms with van der Waals surface area (Å²) in [5.41, 5.74) is 1.48. The van der Waals surface area contributed by atoms with Gasteiger partial charge in [0.25, 0.3) is 0 Å². The second kappa shape index (κ2) is 11.1. The lowest BCUT2D eigenvalue weighted by Gasteiger charge is -2.59. The van der Waals surface area contributed by atoms with Crippen LogP contribution in [0.3, 0.4) is 0 Å². The third-order valence-corrected chi connectivity index (χ3v) is 11.2. The Balaban J connectivity index is 1.42. The molecule has 0 aromatic heterocycles. The molecule has 3 heteroatoms. The fourth-order valence-corrected chi connectivity index (χ4v) is 9.18. The number of carbonyl (C=O) groups excluding carboxylic acids is 2. The zero-order valence-electron chi connectivity index (χ0n) is 23.3. The molecule has 4 aliphatic rings. The zero-order chi connectivity index (χ0) is 25.1. The fraction of sp³-hybridized carbons (Fsp3) is 0.875. The molecule has 35 heavy (non-hydrogen) atoms. The van der Waals surface area contributed by atoms with Crippen LogP contribution in [0.2, 0.25) is 0 Å². The van der Waals surface area contributed by atoms with Crippen LogP contribution >= 0.6 is 0 Å². The number of hydrogen-bond donors (Lipinski definition) is 0. The summed E-state index contributed by atoms with van der Waals surface area (Å²) >= 11 is 0. The monoisotopic (exact) mass is 484 g/mol. The van der Waals surface area contributed by atoms with Crippen molar-refractivity contribution in [3.63, 3.8) is 0 Å². The highest BCUT2D eigenvalue weighted by molar-refractivity contribution is 5.91. The molecule has 0 heterocycles. The minimum atomic E-state index is -0.269. The van der Waals surface area contributed by atoms with Gasteiger partial charge in [-0.1, -0.05) is 78.2 Å². The molecule has 0 N–H and O–H groups in total. The maximum atomic E-state index is 13.1. The van der Waals surface area contributed by atoms with E-state index in [0.29, 0.717) is 30.0 Å². The van der Waals surface area contributed by atoms with Crippen molar-refractivity contribution in [2.45, 2.75) is 149 Å². The fourth-order valence-electron chi connectivity index (χ4n) is 9.18. The van der Waals surface area contributed by atoms with Crippen molar-refractivity contribution in [2.75, 3.05) is 0 Å². The summed E-state index contributed by atoms with van der Waals surface area (Å²) in [5.74, 6) is 2.45. The quantitative estimate of drug-likeness (QED) is 0.217. The molecular weight excluding hydrogens is 432 g/mol. The molecule has 0 amide bonds. The van der Waals surface area contributed by atoms with E-state index < -0.39 is 0 Å². The number of ketones is 1. The number of allylic oxidation sites excluding steroid dienone is 1. The van der Waals surface area contributed by atoms with Crippen molar-refractivity contribution in [1.29, 1.82) is 0 Å². The molecule has 4 rings (SSSR count). The molecule has 0 aromatic carbocycles. The first-order valence-corrected chi connectivity index (χ1v) is 15.3. The van der Waals surface area contributed by atoms with Crippen molar-refractivity contribution in [3.05, 3.63) is 11.6 Å². The van der Waals surface area contributed by atoms with E-state index in [1.165, 1.54) is 63.4 Å². The lowest BCUT2D eigenvalue weighted by molar-refractivity contribution is -0.186. The molecule has 3 fully saturated rings. The molecule has 3 saturated carbocycles. The van der Waals surface area contributed by atoms with Gasteiger partial charge in [-0.3, -0.25) is 9.59 Å². The molecule has 6 atom stereocenters. The van der Waals surface area contributed by atoms with Gasteiger partial charge >= 0.3 is 5.97 Å². The smallest absolute Gasteiger partial charge is 0.306 e. The number of carbonyl (C=O) groups is 2. The molecule has 0 radical (unpaired) electrons. The van der Waals surface area contributed by atoms with E-state index in [4.69, 9.17) is 4.74 Å². The van der Waals surface area contributed by atoms with E-state index in [2.05, 4.69) is 27.7 Å². The first-order valence-electron chi connectivity index (χ1n) is 15.3. The molecule has 0 saturated heterocycles. The van der Waals surface area contributed by atoms with Crippen LogP contribution < -0.4 is 0 Å². The second-order valence-corrected chi connectivity index (χ2v) is 13.1. The van der Waals surface area contributed by atoms with Crippen LogP contribution in [0.4, 0.5) is 0 Å². The minimum Gasteiger partial charge on any atom is -0.458 e. The largest absolute Gasteiger partial charge is 0.458 e. The molecule has 198 valence electrons. The van der Waals surface area contributed by atoms with Crippen molar-refractivity contribution in [3.8, 4) is 0 Å². The molecule has 3 nitrogen and oxygen atoms in total. The Hall–Kier alpha value is -1.12. The van der Waals surface area contributed by atoms with Crippen LogP contribution in [0.15, 0.2) is 11.6 Å². The van der Waals surface area contributed by atoms with Crippen LogP contribution in [0, 0.1) is 28.6 Å². The second-order valence-electron chi connectivity index (χ2n) is 13.1. The van der Waals surface area contributed by atoms with Gasteiger partial charge in [0, 0.05) is 18.3 Å². The number of unbranched alkanes of at least 4 members (excludes halogenated alkanes) is 6. The summed E-state index contributed by atoms with van der Waals surface area (Å²) in [4.78, 5) is 25.3. The molecule has 1 unspecified atom stereocenters. The number of hydrogen-bond acceptors (Lipinski definition) is 3. The topological polar surface area (TPSA) is 43.4 Å². The normalized spacial score (nSPS) is 38.3. The lowest BCUT2D eigenvalue weighted by atomic mass is 9.46. The third-order valence-electron chi connectivity index (χ3n) is 11.2. The highest BCUT2D eigenvalue weighted by Crippen LogP contribution is 2.69. The van der Waals surface area contributed by atoms with Gasteiger partial charge in [-0.2, -0.15) is 0 Å². The predicted octanol–water partition coefficient (Wildman–Crippen LogP) is 8.74. The molecule has 0 bridgehead atoms. The van der Waals surface area contributed by atoms with E-state index in [9.17, 15) is 9.59 Å². The van der Waals surface area contributed by atoms with E-state index in [1.54, 1.807) is 0 Å². The van der Waals surface area contributed by atoms with Crippen molar-refractivity contribution < 1.29 is 14.3 Å². The zero-order valence-corrected chi connectivity index (χ0v) is 23.3. The number of esters is 1. The summed E-state index contributed by atoms with van der Waals surface area (Å²) in [6.45, 7) is 9.45. The van der Waals surface area contributed by atoms with Gasteiger partial charge in [-0.05, 0) is 87.0 Å². The Morgan fingerprint density at radius 2 is 1.60 bits per heavy atom. The summed E-state index contributed by atoms with van der Waals surface area (Å²) in [6.07, 6.45) is 22.0. The van der Waals surface area contributed by atoms with Crippen molar-refractivity contribution >= 4 is 11.8 Å². The number of rotatable bonds is 11.